The predicted molar refractivity (Wildman–Crippen MR) is 81.2 cm³/mol. The van der Waals surface area contributed by atoms with E-state index < -0.39 is 9.84 Å². The van der Waals surface area contributed by atoms with Crippen molar-refractivity contribution < 1.29 is 13.2 Å². The van der Waals surface area contributed by atoms with Gasteiger partial charge in [-0.25, -0.2) is 8.42 Å². The number of rotatable bonds is 13. The predicted octanol–water partition coefficient (Wildman–Crippen LogP) is 3.91. The molecule has 0 aliphatic rings. The lowest BCUT2D eigenvalue weighted by atomic mass is 10.1. The van der Waals surface area contributed by atoms with Crippen LogP contribution in [0.3, 0.4) is 0 Å². The highest BCUT2D eigenvalue weighted by Gasteiger charge is 2.09. The minimum absolute atomic E-state index is 0.137. The molecule has 0 unspecified atom stereocenters. The van der Waals surface area contributed by atoms with Gasteiger partial charge in [-0.2, -0.15) is 0 Å². The molecule has 0 N–H and O–H groups in total. The molecule has 19 heavy (non-hydrogen) atoms. The van der Waals surface area contributed by atoms with Gasteiger partial charge in [0.2, 0.25) is 0 Å². The maximum Gasteiger partial charge on any atom is 0.154 e. The fourth-order valence-electron chi connectivity index (χ4n) is 2.17. The highest BCUT2D eigenvalue weighted by Crippen LogP contribution is 2.11. The van der Waals surface area contributed by atoms with Crippen LogP contribution in [0.25, 0.3) is 0 Å². The maximum atomic E-state index is 11.3. The molecular formula is C15H30O3S. The quantitative estimate of drug-likeness (QED) is 0.483. The largest absolute Gasteiger partial charge is 0.299 e. The molecule has 0 bridgehead atoms. The Bertz CT molecular complexity index is 320. The van der Waals surface area contributed by atoms with E-state index in [2.05, 4.69) is 6.92 Å². The second-order valence-corrected chi connectivity index (χ2v) is 7.68. The summed E-state index contributed by atoms with van der Waals surface area (Å²) in [5, 5.41) is 0. The van der Waals surface area contributed by atoms with Gasteiger partial charge < -0.3 is 0 Å². The van der Waals surface area contributed by atoms with E-state index in [1.165, 1.54) is 51.4 Å². The van der Waals surface area contributed by atoms with E-state index in [0.29, 0.717) is 6.42 Å². The first-order valence-electron chi connectivity index (χ1n) is 7.65. The Hall–Kier alpha value is -0.380. The number of sulfone groups is 1. The molecule has 0 fully saturated rings. The molecule has 0 saturated carbocycles. The third kappa shape index (κ3) is 15.6. The third-order valence-corrected chi connectivity index (χ3v) is 4.08. The summed E-state index contributed by atoms with van der Waals surface area (Å²) in [6, 6.07) is 0. The van der Waals surface area contributed by atoms with Gasteiger partial charge in [-0.15, -0.1) is 0 Å². The van der Waals surface area contributed by atoms with E-state index in [4.69, 9.17) is 0 Å². The monoisotopic (exact) mass is 290 g/mol. The van der Waals surface area contributed by atoms with Gasteiger partial charge in [0.1, 0.15) is 11.5 Å². The van der Waals surface area contributed by atoms with Crippen LogP contribution in [0.2, 0.25) is 0 Å². The molecule has 4 heteroatoms. The van der Waals surface area contributed by atoms with Gasteiger partial charge in [0, 0.05) is 12.7 Å². The van der Waals surface area contributed by atoms with E-state index in [-0.39, 0.29) is 11.5 Å². The van der Waals surface area contributed by atoms with Crippen LogP contribution in [-0.2, 0) is 14.6 Å². The second kappa shape index (κ2) is 11.4. The van der Waals surface area contributed by atoms with Crippen molar-refractivity contribution in [3.8, 4) is 0 Å². The van der Waals surface area contributed by atoms with Gasteiger partial charge in [0.25, 0.3) is 0 Å². The minimum atomic E-state index is -3.14. The summed E-state index contributed by atoms with van der Waals surface area (Å²) in [5.41, 5.74) is 0. The van der Waals surface area contributed by atoms with Crippen molar-refractivity contribution in [3.63, 3.8) is 0 Å². The van der Waals surface area contributed by atoms with E-state index in [1.807, 2.05) is 0 Å². The lowest BCUT2D eigenvalue weighted by Gasteiger charge is -2.02. The molecular weight excluding hydrogens is 260 g/mol. The van der Waals surface area contributed by atoms with E-state index >= 15 is 0 Å². The summed E-state index contributed by atoms with van der Waals surface area (Å²) in [4.78, 5) is 11.3. The third-order valence-electron chi connectivity index (χ3n) is 3.23. The molecule has 3 nitrogen and oxygen atoms in total. The van der Waals surface area contributed by atoms with E-state index in [0.717, 1.165) is 19.1 Å². The van der Waals surface area contributed by atoms with Crippen molar-refractivity contribution in [3.05, 3.63) is 0 Å². The number of hydrogen-bond acceptors (Lipinski definition) is 3. The first-order chi connectivity index (χ1) is 8.95. The minimum Gasteiger partial charge on any atom is -0.299 e. The molecule has 114 valence electrons. The zero-order valence-electron chi connectivity index (χ0n) is 12.6. The summed E-state index contributed by atoms with van der Waals surface area (Å²) in [5.74, 6) is -0.424. The van der Waals surface area contributed by atoms with Crippen LogP contribution in [0, 0.1) is 0 Å². The molecule has 0 aliphatic heterocycles. The van der Waals surface area contributed by atoms with E-state index in [1.54, 1.807) is 0 Å². The number of hydrogen-bond donors (Lipinski definition) is 0. The number of carbonyl (C=O) groups is 1. The van der Waals surface area contributed by atoms with Gasteiger partial charge in [0.05, 0.1) is 0 Å². The normalized spacial score (nSPS) is 11.7. The lowest BCUT2D eigenvalue weighted by Crippen LogP contribution is -2.13. The van der Waals surface area contributed by atoms with Crippen molar-refractivity contribution in [2.75, 3.05) is 12.0 Å². The lowest BCUT2D eigenvalue weighted by molar-refractivity contribution is -0.116. The zero-order valence-corrected chi connectivity index (χ0v) is 13.4. The van der Waals surface area contributed by atoms with Gasteiger partial charge >= 0.3 is 0 Å². The topological polar surface area (TPSA) is 51.2 Å². The first kappa shape index (κ1) is 18.6. The fraction of sp³-hybridized carbons (Fsp3) is 0.933. The van der Waals surface area contributed by atoms with Crippen molar-refractivity contribution >= 4 is 15.6 Å². The molecule has 0 aromatic rings. The smallest absolute Gasteiger partial charge is 0.154 e. The number of Topliss-reactive ketones (excluding diaryl/α,β-unsaturated/α-hetero) is 1. The summed E-state index contributed by atoms with van der Waals surface area (Å²) in [7, 11) is -3.14. The van der Waals surface area contributed by atoms with Gasteiger partial charge in [-0.3, -0.25) is 4.79 Å². The van der Waals surface area contributed by atoms with Crippen LogP contribution in [0.5, 0.6) is 0 Å². The highest BCUT2D eigenvalue weighted by molar-refractivity contribution is 7.91. The van der Waals surface area contributed by atoms with Crippen LogP contribution in [0.4, 0.5) is 0 Å². The number of unbranched alkanes of at least 4 members (excludes halogenated alkanes) is 9. The molecule has 0 heterocycles. The van der Waals surface area contributed by atoms with Crippen molar-refractivity contribution in [2.24, 2.45) is 0 Å². The Balaban J connectivity index is 3.25. The van der Waals surface area contributed by atoms with E-state index in [9.17, 15) is 13.2 Å². The SMILES string of the molecule is CCCCCCCCCCCCC(=O)CS(C)(=O)=O. The van der Waals surface area contributed by atoms with Crippen LogP contribution in [0.1, 0.15) is 77.6 Å². The van der Waals surface area contributed by atoms with Crippen LogP contribution in [0.15, 0.2) is 0 Å². The second-order valence-electron chi connectivity index (χ2n) is 5.54. The van der Waals surface area contributed by atoms with Crippen LogP contribution >= 0.6 is 0 Å². The van der Waals surface area contributed by atoms with Gasteiger partial charge in [-0.1, -0.05) is 64.7 Å². The molecule has 0 spiro atoms. The average molecular weight is 290 g/mol. The summed E-state index contributed by atoms with van der Waals surface area (Å²) in [6.45, 7) is 2.23. The Labute approximate surface area is 119 Å². The fourth-order valence-corrected chi connectivity index (χ4v) is 2.90. The molecule has 0 radical (unpaired) electrons. The van der Waals surface area contributed by atoms with Crippen molar-refractivity contribution in [1.82, 2.24) is 0 Å². The Morgan fingerprint density at radius 1 is 0.789 bits per heavy atom. The van der Waals surface area contributed by atoms with Crippen LogP contribution in [-0.4, -0.2) is 26.2 Å². The Morgan fingerprint density at radius 3 is 1.63 bits per heavy atom. The van der Waals surface area contributed by atoms with Gasteiger partial charge in [-0.05, 0) is 6.42 Å². The molecule has 0 aromatic carbocycles. The molecule has 0 amide bonds. The number of carbonyl (C=O) groups excluding carboxylic acids is 1. The van der Waals surface area contributed by atoms with Crippen molar-refractivity contribution in [2.45, 2.75) is 77.6 Å². The van der Waals surface area contributed by atoms with Crippen molar-refractivity contribution in [1.29, 1.82) is 0 Å². The van der Waals surface area contributed by atoms with Crippen LogP contribution < -0.4 is 0 Å². The molecule has 0 rings (SSSR count). The van der Waals surface area contributed by atoms with Gasteiger partial charge in [0.15, 0.2) is 9.84 Å². The average Bonchev–Trinajstić information content (AvgIpc) is 2.29. The summed E-state index contributed by atoms with van der Waals surface area (Å²) in [6.07, 6.45) is 13.8. The Kier molecular flexibility index (Phi) is 11.2. The zero-order chi connectivity index (χ0) is 14.6. The molecule has 0 saturated heterocycles. The Morgan fingerprint density at radius 2 is 1.21 bits per heavy atom. The molecule has 0 aliphatic carbocycles. The summed E-state index contributed by atoms with van der Waals surface area (Å²) >= 11 is 0. The number of ketones is 1. The summed E-state index contributed by atoms with van der Waals surface area (Å²) < 4.78 is 21.8. The molecule has 0 aromatic heterocycles. The highest BCUT2D eigenvalue weighted by atomic mass is 32.2. The standard InChI is InChI=1S/C15H30O3S/c1-3-4-5-6-7-8-9-10-11-12-13-15(16)14-19(2,17)18/h3-14H2,1-2H3. The first-order valence-corrected chi connectivity index (χ1v) is 9.71. The maximum absolute atomic E-state index is 11.3. The molecule has 0 atom stereocenters.